The number of rotatable bonds is 3. The molecule has 0 saturated carbocycles. The largest absolute Gasteiger partial charge is 0.497 e. The Morgan fingerprint density at radius 2 is 1.95 bits per heavy atom. The summed E-state index contributed by atoms with van der Waals surface area (Å²) in [5.74, 6) is 0.854. The summed E-state index contributed by atoms with van der Waals surface area (Å²) in [5.41, 5.74) is 4.50. The van der Waals surface area contributed by atoms with Gasteiger partial charge in [-0.2, -0.15) is 0 Å². The van der Waals surface area contributed by atoms with Crippen LogP contribution in [-0.4, -0.2) is 16.7 Å². The van der Waals surface area contributed by atoms with Crippen LogP contribution in [0.5, 0.6) is 5.75 Å². The lowest BCUT2D eigenvalue weighted by atomic mass is 10.2. The van der Waals surface area contributed by atoms with Gasteiger partial charge in [-0.1, -0.05) is 6.07 Å². The zero-order valence-electron chi connectivity index (χ0n) is 11.6. The van der Waals surface area contributed by atoms with Gasteiger partial charge in [0.15, 0.2) is 0 Å². The van der Waals surface area contributed by atoms with Crippen molar-refractivity contribution in [3.05, 3.63) is 66.6 Å². The van der Waals surface area contributed by atoms with Crippen LogP contribution in [0.15, 0.2) is 60.9 Å². The highest BCUT2D eigenvalue weighted by atomic mass is 16.5. The Kier molecular flexibility index (Phi) is 3.25. The fraction of sp³-hybridized carbons (Fsp3) is 0.118. The summed E-state index contributed by atoms with van der Waals surface area (Å²) in [7, 11) is 1.68. The van der Waals surface area contributed by atoms with Crippen LogP contribution in [0.1, 0.15) is 5.69 Å². The first-order valence-electron chi connectivity index (χ1n) is 6.53. The molecule has 3 rings (SSSR count). The molecular formula is C17H16N2O. The maximum atomic E-state index is 5.31. The molecule has 3 nitrogen and oxygen atoms in total. The molecule has 0 spiro atoms. The Hall–Kier alpha value is -2.55. The van der Waals surface area contributed by atoms with Crippen LogP contribution >= 0.6 is 0 Å². The van der Waals surface area contributed by atoms with Gasteiger partial charge in [0.25, 0.3) is 0 Å². The van der Waals surface area contributed by atoms with Gasteiger partial charge >= 0.3 is 0 Å². The predicted molar refractivity (Wildman–Crippen MR) is 80.3 cm³/mol. The normalized spacial score (nSPS) is 10.5. The zero-order chi connectivity index (χ0) is 13.9. The smallest absolute Gasteiger partial charge is 0.120 e. The van der Waals surface area contributed by atoms with Crippen molar-refractivity contribution in [1.82, 2.24) is 9.55 Å². The van der Waals surface area contributed by atoms with Crippen molar-refractivity contribution >= 4 is 0 Å². The lowest BCUT2D eigenvalue weighted by Crippen LogP contribution is -1.99. The number of nitrogens with zero attached hydrogens (tertiary/aromatic N) is 2. The number of ether oxygens (including phenoxy) is 1. The molecule has 0 aliphatic rings. The average Bonchev–Trinajstić information content (AvgIpc) is 2.90. The fourth-order valence-corrected chi connectivity index (χ4v) is 2.37. The third kappa shape index (κ3) is 2.18. The Bertz CT molecular complexity index is 717. The molecule has 0 atom stereocenters. The second-order valence-electron chi connectivity index (χ2n) is 4.64. The van der Waals surface area contributed by atoms with Crippen LogP contribution in [-0.2, 0) is 0 Å². The number of aromatic nitrogens is 2. The number of benzene rings is 1. The van der Waals surface area contributed by atoms with Crippen LogP contribution in [0.25, 0.3) is 16.9 Å². The molecule has 0 unspecified atom stereocenters. The molecule has 3 aromatic rings. The summed E-state index contributed by atoms with van der Waals surface area (Å²) >= 11 is 0. The van der Waals surface area contributed by atoms with Crippen LogP contribution < -0.4 is 4.74 Å². The average molecular weight is 264 g/mol. The fourth-order valence-electron chi connectivity index (χ4n) is 2.37. The van der Waals surface area contributed by atoms with Gasteiger partial charge in [-0.15, -0.1) is 0 Å². The number of methoxy groups -OCH3 is 1. The Labute approximate surface area is 118 Å². The van der Waals surface area contributed by atoms with Crippen molar-refractivity contribution in [3.8, 4) is 22.7 Å². The molecule has 0 bridgehead atoms. The van der Waals surface area contributed by atoms with E-state index in [2.05, 4.69) is 40.7 Å². The van der Waals surface area contributed by atoms with Crippen molar-refractivity contribution in [2.45, 2.75) is 6.92 Å². The number of hydrogen-bond donors (Lipinski definition) is 0. The molecule has 0 saturated heterocycles. The standard InChI is InChI=1S/C17H16N2O/c1-13-8-9-17(14-5-4-10-18-12-14)19(13)15-6-3-7-16(11-15)20-2/h3-12H,1-2H3. The zero-order valence-corrected chi connectivity index (χ0v) is 11.6. The molecule has 0 aliphatic heterocycles. The van der Waals surface area contributed by atoms with E-state index in [0.29, 0.717) is 0 Å². The van der Waals surface area contributed by atoms with E-state index in [1.807, 2.05) is 30.5 Å². The number of aryl methyl sites for hydroxylation is 1. The molecule has 0 fully saturated rings. The summed E-state index contributed by atoms with van der Waals surface area (Å²) in [4.78, 5) is 4.20. The summed E-state index contributed by atoms with van der Waals surface area (Å²) in [5, 5.41) is 0. The summed E-state index contributed by atoms with van der Waals surface area (Å²) in [6, 6.07) is 16.3. The van der Waals surface area contributed by atoms with E-state index in [1.165, 1.54) is 5.69 Å². The van der Waals surface area contributed by atoms with Gasteiger partial charge in [0, 0.05) is 35.4 Å². The maximum Gasteiger partial charge on any atom is 0.120 e. The van der Waals surface area contributed by atoms with Crippen molar-refractivity contribution in [2.24, 2.45) is 0 Å². The molecule has 0 radical (unpaired) electrons. The van der Waals surface area contributed by atoms with Gasteiger partial charge < -0.3 is 9.30 Å². The summed E-state index contributed by atoms with van der Waals surface area (Å²) in [6.45, 7) is 2.10. The first-order valence-corrected chi connectivity index (χ1v) is 6.53. The second kappa shape index (κ2) is 5.21. The molecule has 0 N–H and O–H groups in total. The predicted octanol–water partition coefficient (Wildman–Crippen LogP) is 3.86. The van der Waals surface area contributed by atoms with Crippen molar-refractivity contribution in [2.75, 3.05) is 7.11 Å². The summed E-state index contributed by atoms with van der Waals surface area (Å²) in [6.07, 6.45) is 3.67. The Morgan fingerprint density at radius 3 is 2.70 bits per heavy atom. The molecular weight excluding hydrogens is 248 g/mol. The highest BCUT2D eigenvalue weighted by molar-refractivity contribution is 5.63. The third-order valence-electron chi connectivity index (χ3n) is 3.34. The van der Waals surface area contributed by atoms with E-state index in [4.69, 9.17) is 4.74 Å². The Morgan fingerprint density at radius 1 is 1.05 bits per heavy atom. The third-order valence-corrected chi connectivity index (χ3v) is 3.34. The minimum Gasteiger partial charge on any atom is -0.497 e. The highest BCUT2D eigenvalue weighted by Gasteiger charge is 2.09. The van der Waals surface area contributed by atoms with Gasteiger partial charge in [-0.3, -0.25) is 4.98 Å². The molecule has 0 amide bonds. The van der Waals surface area contributed by atoms with Gasteiger partial charge in [0.05, 0.1) is 12.8 Å². The molecule has 100 valence electrons. The minimum atomic E-state index is 0.854. The highest BCUT2D eigenvalue weighted by Crippen LogP contribution is 2.27. The molecule has 3 heteroatoms. The van der Waals surface area contributed by atoms with Crippen molar-refractivity contribution in [1.29, 1.82) is 0 Å². The molecule has 0 aliphatic carbocycles. The van der Waals surface area contributed by atoms with E-state index in [9.17, 15) is 0 Å². The second-order valence-corrected chi connectivity index (χ2v) is 4.64. The van der Waals surface area contributed by atoms with Gasteiger partial charge in [-0.05, 0) is 43.3 Å². The molecule has 2 aromatic heterocycles. The lowest BCUT2D eigenvalue weighted by molar-refractivity contribution is 0.414. The van der Waals surface area contributed by atoms with Crippen LogP contribution in [0.4, 0.5) is 0 Å². The quantitative estimate of drug-likeness (QED) is 0.718. The first kappa shape index (κ1) is 12.5. The Balaban J connectivity index is 2.16. The topological polar surface area (TPSA) is 27.1 Å². The van der Waals surface area contributed by atoms with Crippen molar-refractivity contribution in [3.63, 3.8) is 0 Å². The van der Waals surface area contributed by atoms with Gasteiger partial charge in [0.2, 0.25) is 0 Å². The van der Waals surface area contributed by atoms with E-state index in [1.54, 1.807) is 13.3 Å². The van der Waals surface area contributed by atoms with Gasteiger partial charge in [0.1, 0.15) is 5.75 Å². The number of hydrogen-bond acceptors (Lipinski definition) is 2. The maximum absolute atomic E-state index is 5.31. The van der Waals surface area contributed by atoms with Crippen LogP contribution in [0.3, 0.4) is 0 Å². The lowest BCUT2D eigenvalue weighted by Gasteiger charge is -2.13. The monoisotopic (exact) mass is 264 g/mol. The molecule has 1 aromatic carbocycles. The van der Waals surface area contributed by atoms with E-state index in [-0.39, 0.29) is 0 Å². The minimum absolute atomic E-state index is 0.854. The van der Waals surface area contributed by atoms with Crippen molar-refractivity contribution < 1.29 is 4.74 Å². The van der Waals surface area contributed by atoms with Gasteiger partial charge in [-0.25, -0.2) is 0 Å². The number of pyridine rings is 1. The van der Waals surface area contributed by atoms with E-state index in [0.717, 1.165) is 22.7 Å². The SMILES string of the molecule is COc1cccc(-n2c(C)ccc2-c2cccnc2)c1. The molecule has 20 heavy (non-hydrogen) atoms. The first-order chi connectivity index (χ1) is 9.79. The molecule has 2 heterocycles. The van der Waals surface area contributed by atoms with Crippen LogP contribution in [0.2, 0.25) is 0 Å². The van der Waals surface area contributed by atoms with E-state index >= 15 is 0 Å². The summed E-state index contributed by atoms with van der Waals surface area (Å²) < 4.78 is 7.52. The van der Waals surface area contributed by atoms with E-state index < -0.39 is 0 Å². The van der Waals surface area contributed by atoms with Crippen LogP contribution in [0, 0.1) is 6.92 Å².